The highest BCUT2D eigenvalue weighted by molar-refractivity contribution is 8.03. The average Bonchev–Trinajstić information content (AvgIpc) is 3.05. The van der Waals surface area contributed by atoms with Crippen molar-refractivity contribution in [2.45, 2.75) is 53.3 Å². The van der Waals surface area contributed by atoms with Crippen LogP contribution in [-0.2, 0) is 10.5 Å². The van der Waals surface area contributed by atoms with Crippen molar-refractivity contribution in [2.75, 3.05) is 0 Å². The molecule has 6 nitrogen and oxygen atoms in total. The van der Waals surface area contributed by atoms with Crippen LogP contribution in [0, 0.1) is 5.92 Å². The van der Waals surface area contributed by atoms with Crippen LogP contribution in [0.1, 0.15) is 44.7 Å². The number of hydrogen-bond acceptors (Lipinski definition) is 7. The number of urea groups is 1. The van der Waals surface area contributed by atoms with Crippen LogP contribution in [0.2, 0.25) is 0 Å². The van der Waals surface area contributed by atoms with E-state index in [9.17, 15) is 9.59 Å². The lowest BCUT2D eigenvalue weighted by Crippen LogP contribution is -2.42. The van der Waals surface area contributed by atoms with Crippen molar-refractivity contribution in [1.82, 2.24) is 15.5 Å². The van der Waals surface area contributed by atoms with Gasteiger partial charge in [-0.1, -0.05) is 86.8 Å². The van der Waals surface area contributed by atoms with Crippen LogP contribution in [0.3, 0.4) is 0 Å². The smallest absolute Gasteiger partial charge is 0.318 e. The molecule has 2 rings (SSSR count). The summed E-state index contributed by atoms with van der Waals surface area (Å²) < 4.78 is 1.55. The molecule has 0 aliphatic heterocycles. The highest BCUT2D eigenvalue weighted by atomic mass is 32.2. The predicted molar refractivity (Wildman–Crippen MR) is 112 cm³/mol. The molecule has 0 fully saturated rings. The summed E-state index contributed by atoms with van der Waals surface area (Å²) in [5, 5.41) is 10.0. The predicted octanol–water partition coefficient (Wildman–Crippen LogP) is 4.27. The van der Waals surface area contributed by atoms with Crippen molar-refractivity contribution in [3.8, 4) is 0 Å². The summed E-state index contributed by atoms with van der Waals surface area (Å²) in [7, 11) is 0. The molecule has 0 saturated heterocycles. The number of nitrogens with two attached hydrogens (primary N) is 1. The summed E-state index contributed by atoms with van der Waals surface area (Å²) >= 11 is 4.38. The van der Waals surface area contributed by atoms with Crippen LogP contribution in [0.5, 0.6) is 0 Å². The van der Waals surface area contributed by atoms with E-state index < -0.39 is 17.2 Å². The van der Waals surface area contributed by atoms with E-state index >= 15 is 0 Å². The number of aromatic nitrogens is 2. The minimum Gasteiger partial charge on any atom is -0.351 e. The molecule has 0 spiro atoms. The number of rotatable bonds is 8. The number of primary amides is 1. The second kappa shape index (κ2) is 10.1. The molecule has 9 heteroatoms. The van der Waals surface area contributed by atoms with E-state index in [0.717, 1.165) is 10.1 Å². The van der Waals surface area contributed by atoms with Crippen LogP contribution in [0.4, 0.5) is 4.79 Å². The third-order valence-electron chi connectivity index (χ3n) is 3.73. The fourth-order valence-electron chi connectivity index (χ4n) is 2.24. The van der Waals surface area contributed by atoms with Crippen LogP contribution >= 0.6 is 34.9 Å². The molecule has 0 radical (unpaired) electrons. The number of thioether (sulfide) groups is 2. The Labute approximate surface area is 172 Å². The summed E-state index contributed by atoms with van der Waals surface area (Å²) in [6.45, 7) is 8.18. The van der Waals surface area contributed by atoms with Gasteiger partial charge in [0.25, 0.3) is 0 Å². The standard InChI is InChI=1S/C18H24N4O2S3/c1-10(2)13-7-5-12(6-8-13)9-25-17-21-22-18(27-17)26-14(11(3)4)15(23)20-16(19)24/h5-8,10-11,14H,9H2,1-4H3,(H3,19,20,23,24). The van der Waals surface area contributed by atoms with Gasteiger partial charge in [-0.25, -0.2) is 4.79 Å². The van der Waals surface area contributed by atoms with Gasteiger partial charge in [0, 0.05) is 5.75 Å². The fourth-order valence-corrected chi connectivity index (χ4v) is 5.43. The molecule has 1 atom stereocenters. The van der Waals surface area contributed by atoms with Gasteiger partial charge in [0.15, 0.2) is 8.68 Å². The maximum absolute atomic E-state index is 12.1. The third-order valence-corrected chi connectivity index (χ3v) is 7.49. The summed E-state index contributed by atoms with van der Waals surface area (Å²) in [4.78, 5) is 23.0. The van der Waals surface area contributed by atoms with Crippen LogP contribution < -0.4 is 11.1 Å². The number of amides is 3. The molecular formula is C18H24N4O2S3. The maximum atomic E-state index is 12.1. The second-order valence-corrected chi connectivity index (χ2v) is 10.2. The molecule has 1 unspecified atom stereocenters. The fraction of sp³-hybridized carbons (Fsp3) is 0.444. The molecule has 2 aromatic rings. The first-order chi connectivity index (χ1) is 12.8. The number of nitrogens with zero attached hydrogens (tertiary/aromatic N) is 2. The Morgan fingerprint density at radius 1 is 1.11 bits per heavy atom. The topological polar surface area (TPSA) is 98.0 Å². The lowest BCUT2D eigenvalue weighted by atomic mass is 10.0. The van der Waals surface area contributed by atoms with Crippen molar-refractivity contribution in [2.24, 2.45) is 11.7 Å². The maximum Gasteiger partial charge on any atom is 0.318 e. The Balaban J connectivity index is 1.94. The molecule has 1 aromatic carbocycles. The number of imide groups is 1. The first-order valence-corrected chi connectivity index (χ1v) is 11.3. The Morgan fingerprint density at radius 2 is 1.74 bits per heavy atom. The second-order valence-electron chi connectivity index (χ2n) is 6.65. The molecule has 0 bridgehead atoms. The summed E-state index contributed by atoms with van der Waals surface area (Å²) in [5.41, 5.74) is 7.60. The highest BCUT2D eigenvalue weighted by Crippen LogP contribution is 2.35. The zero-order valence-corrected chi connectivity index (χ0v) is 18.2. The van der Waals surface area contributed by atoms with E-state index in [4.69, 9.17) is 5.73 Å². The average molecular weight is 425 g/mol. The van der Waals surface area contributed by atoms with Gasteiger partial charge in [-0.05, 0) is 23.0 Å². The molecule has 0 saturated carbocycles. The number of benzene rings is 1. The van der Waals surface area contributed by atoms with Gasteiger partial charge in [0.05, 0.1) is 5.25 Å². The Hall–Kier alpha value is -1.58. The Bertz CT molecular complexity index is 775. The van der Waals surface area contributed by atoms with Gasteiger partial charge < -0.3 is 5.73 Å². The zero-order chi connectivity index (χ0) is 20.0. The van der Waals surface area contributed by atoms with E-state index in [1.807, 2.05) is 13.8 Å². The summed E-state index contributed by atoms with van der Waals surface area (Å²) in [5.74, 6) is 0.953. The minimum absolute atomic E-state index is 0.0221. The first kappa shape index (κ1) is 21.7. The van der Waals surface area contributed by atoms with E-state index in [-0.39, 0.29) is 5.92 Å². The van der Waals surface area contributed by atoms with Gasteiger partial charge in [0.1, 0.15) is 0 Å². The summed E-state index contributed by atoms with van der Waals surface area (Å²) in [6, 6.07) is 7.76. The van der Waals surface area contributed by atoms with Crippen molar-refractivity contribution >= 4 is 46.8 Å². The van der Waals surface area contributed by atoms with E-state index in [1.165, 1.54) is 34.2 Å². The molecule has 146 valence electrons. The van der Waals surface area contributed by atoms with Crippen molar-refractivity contribution in [3.63, 3.8) is 0 Å². The van der Waals surface area contributed by atoms with Crippen molar-refractivity contribution < 1.29 is 9.59 Å². The normalized spacial score (nSPS) is 12.4. The monoisotopic (exact) mass is 424 g/mol. The number of carbonyl (C=O) groups is 2. The van der Waals surface area contributed by atoms with Gasteiger partial charge >= 0.3 is 6.03 Å². The van der Waals surface area contributed by atoms with Crippen LogP contribution in [0.15, 0.2) is 32.9 Å². The Kier molecular flexibility index (Phi) is 8.12. The largest absolute Gasteiger partial charge is 0.351 e. The molecule has 27 heavy (non-hydrogen) atoms. The van der Waals surface area contributed by atoms with E-state index in [2.05, 4.69) is 53.6 Å². The Morgan fingerprint density at radius 3 is 2.30 bits per heavy atom. The molecule has 1 aromatic heterocycles. The molecule has 3 amide bonds. The SMILES string of the molecule is CC(C)c1ccc(CSc2nnc(SC(C(=O)NC(N)=O)C(C)C)s2)cc1. The number of hydrogen-bond donors (Lipinski definition) is 2. The van der Waals surface area contributed by atoms with Gasteiger partial charge in [-0.2, -0.15) is 0 Å². The van der Waals surface area contributed by atoms with Crippen molar-refractivity contribution in [1.29, 1.82) is 0 Å². The molecule has 0 aliphatic rings. The highest BCUT2D eigenvalue weighted by Gasteiger charge is 2.26. The third kappa shape index (κ3) is 6.82. The first-order valence-electron chi connectivity index (χ1n) is 8.58. The van der Waals surface area contributed by atoms with Crippen molar-refractivity contribution in [3.05, 3.63) is 35.4 Å². The van der Waals surface area contributed by atoms with Gasteiger partial charge in [-0.3, -0.25) is 10.1 Å². The minimum atomic E-state index is -0.844. The lowest BCUT2D eigenvalue weighted by Gasteiger charge is -2.16. The van der Waals surface area contributed by atoms with E-state index in [1.54, 1.807) is 11.8 Å². The van der Waals surface area contributed by atoms with E-state index in [0.29, 0.717) is 10.3 Å². The number of nitrogens with one attached hydrogen (secondary N) is 1. The molecular weight excluding hydrogens is 400 g/mol. The zero-order valence-electron chi connectivity index (χ0n) is 15.8. The van der Waals surface area contributed by atoms with Gasteiger partial charge in [0.2, 0.25) is 5.91 Å². The van der Waals surface area contributed by atoms with Gasteiger partial charge in [-0.15, -0.1) is 10.2 Å². The molecule has 0 aliphatic carbocycles. The quantitative estimate of drug-likeness (QED) is 0.614. The van der Waals surface area contributed by atoms with Crippen LogP contribution in [-0.4, -0.2) is 27.4 Å². The van der Waals surface area contributed by atoms with Crippen LogP contribution in [0.25, 0.3) is 0 Å². The lowest BCUT2D eigenvalue weighted by molar-refractivity contribution is -0.120. The molecule has 1 heterocycles. The number of carbonyl (C=O) groups excluding carboxylic acids is 2. The molecule has 3 N–H and O–H groups in total. The summed E-state index contributed by atoms with van der Waals surface area (Å²) in [6.07, 6.45) is 0.